The highest BCUT2D eigenvalue weighted by Gasteiger charge is 2.19. The van der Waals surface area contributed by atoms with Gasteiger partial charge in [-0.2, -0.15) is 0 Å². The van der Waals surface area contributed by atoms with Gasteiger partial charge in [-0.3, -0.25) is 4.79 Å². The quantitative estimate of drug-likeness (QED) is 0.566. The van der Waals surface area contributed by atoms with Crippen molar-refractivity contribution in [2.45, 2.75) is 50.6 Å². The molecule has 8 heteroatoms. The summed E-state index contributed by atoms with van der Waals surface area (Å²) in [6, 6.07) is 16.7. The third-order valence-electron chi connectivity index (χ3n) is 6.92. The molecule has 210 valence electrons. The van der Waals surface area contributed by atoms with Crippen LogP contribution in [0.25, 0.3) is 0 Å². The first kappa shape index (κ1) is 30.9. The molecule has 2 atom stereocenters. The number of nitrogens with one attached hydrogen (secondary N) is 2. The average Bonchev–Trinajstić information content (AvgIpc) is 3.36. The minimum atomic E-state index is 0.147. The monoisotopic (exact) mass is 562 g/mol. The van der Waals surface area contributed by atoms with E-state index in [2.05, 4.69) is 46.7 Å². The second kappa shape index (κ2) is 17.1. The minimum Gasteiger partial charge on any atom is -0.381 e. The van der Waals surface area contributed by atoms with Crippen molar-refractivity contribution < 1.29 is 9.53 Å². The first-order valence-corrected chi connectivity index (χ1v) is 14.6. The van der Waals surface area contributed by atoms with Crippen LogP contribution in [-0.2, 0) is 22.4 Å². The van der Waals surface area contributed by atoms with E-state index < -0.39 is 0 Å². The van der Waals surface area contributed by atoms with E-state index in [1.807, 2.05) is 36.4 Å². The molecule has 0 unspecified atom stereocenters. The van der Waals surface area contributed by atoms with Crippen molar-refractivity contribution in [1.29, 1.82) is 0 Å². The Morgan fingerprint density at radius 2 is 1.32 bits per heavy atom. The zero-order valence-electron chi connectivity index (χ0n) is 22.9. The van der Waals surface area contributed by atoms with E-state index >= 15 is 0 Å². The lowest BCUT2D eigenvalue weighted by Gasteiger charge is -2.20. The number of likely N-dealkylation sites (N-methyl/N-ethyl adjacent to an activating group) is 2. The van der Waals surface area contributed by atoms with Crippen LogP contribution in [0.3, 0.4) is 0 Å². The molecule has 2 aromatic carbocycles. The Kier molecular flexibility index (Phi) is 13.9. The van der Waals surface area contributed by atoms with E-state index in [0.29, 0.717) is 12.5 Å². The van der Waals surface area contributed by atoms with Crippen LogP contribution >= 0.6 is 23.2 Å². The standard InChI is InChI=1S/C13H17ClN2O.C13H19ClN2.C4H8O/c1-16-7-6-13(17)15-12(9-16)8-10-2-4-11(14)5-3-10;1-16-8-2-7-15-13(10-16)9-11-3-5-12(14)6-4-11;1-2-4-5-3-1/h2-5,12H,6-9H2,1H3,(H,15,17);3-6,13,15H,2,7-10H2,1H3;1-4H2/t12-;13-;/m00./s1. The smallest absolute Gasteiger partial charge is 0.221 e. The molecule has 38 heavy (non-hydrogen) atoms. The van der Waals surface area contributed by atoms with Gasteiger partial charge in [0.2, 0.25) is 5.91 Å². The van der Waals surface area contributed by atoms with Crippen molar-refractivity contribution in [1.82, 2.24) is 20.4 Å². The summed E-state index contributed by atoms with van der Waals surface area (Å²) in [6.07, 6.45) is 6.33. The van der Waals surface area contributed by atoms with Crippen LogP contribution in [0.4, 0.5) is 0 Å². The third kappa shape index (κ3) is 12.5. The molecule has 2 aromatic rings. The third-order valence-corrected chi connectivity index (χ3v) is 7.42. The minimum absolute atomic E-state index is 0.147. The number of ether oxygens (including phenoxy) is 1. The summed E-state index contributed by atoms with van der Waals surface area (Å²) in [7, 11) is 4.25. The number of halogens is 2. The first-order chi connectivity index (χ1) is 18.4. The van der Waals surface area contributed by atoms with Gasteiger partial charge in [-0.15, -0.1) is 0 Å². The molecule has 0 spiro atoms. The van der Waals surface area contributed by atoms with E-state index in [0.717, 1.165) is 62.3 Å². The Hall–Kier alpha value is -1.67. The van der Waals surface area contributed by atoms with Crippen LogP contribution < -0.4 is 10.6 Å². The number of nitrogens with zero attached hydrogens (tertiary/aromatic N) is 2. The summed E-state index contributed by atoms with van der Waals surface area (Å²) in [4.78, 5) is 16.1. The van der Waals surface area contributed by atoms with E-state index in [-0.39, 0.29) is 11.9 Å². The number of carbonyl (C=O) groups is 1. The fraction of sp³-hybridized carbons (Fsp3) is 0.567. The van der Waals surface area contributed by atoms with Gasteiger partial charge in [-0.05, 0) is 94.7 Å². The lowest BCUT2D eigenvalue weighted by atomic mass is 10.1. The van der Waals surface area contributed by atoms with E-state index in [1.165, 1.54) is 36.9 Å². The normalized spacial score (nSPS) is 22.7. The van der Waals surface area contributed by atoms with Gasteiger partial charge in [0, 0.05) is 61.4 Å². The molecule has 0 aromatic heterocycles. The Morgan fingerprint density at radius 3 is 1.87 bits per heavy atom. The predicted molar refractivity (Wildman–Crippen MR) is 158 cm³/mol. The molecule has 3 heterocycles. The topological polar surface area (TPSA) is 56.8 Å². The summed E-state index contributed by atoms with van der Waals surface area (Å²) in [5, 5.41) is 8.22. The number of benzene rings is 2. The summed E-state index contributed by atoms with van der Waals surface area (Å²) >= 11 is 11.7. The van der Waals surface area contributed by atoms with Gasteiger partial charge in [-0.25, -0.2) is 0 Å². The summed E-state index contributed by atoms with van der Waals surface area (Å²) in [5.41, 5.74) is 2.56. The summed E-state index contributed by atoms with van der Waals surface area (Å²) < 4.78 is 4.94. The van der Waals surface area contributed by atoms with Crippen LogP contribution in [0.2, 0.25) is 10.0 Å². The van der Waals surface area contributed by atoms with Crippen molar-refractivity contribution in [3.63, 3.8) is 0 Å². The van der Waals surface area contributed by atoms with Crippen LogP contribution in [0.1, 0.15) is 36.8 Å². The molecule has 0 bridgehead atoms. The van der Waals surface area contributed by atoms with Crippen molar-refractivity contribution in [3.05, 3.63) is 69.7 Å². The maximum Gasteiger partial charge on any atom is 0.221 e. The van der Waals surface area contributed by atoms with Crippen molar-refractivity contribution >= 4 is 29.1 Å². The molecule has 3 fully saturated rings. The van der Waals surface area contributed by atoms with E-state index in [9.17, 15) is 4.79 Å². The lowest BCUT2D eigenvalue weighted by Crippen LogP contribution is -2.39. The van der Waals surface area contributed by atoms with Crippen LogP contribution in [-0.4, -0.2) is 87.8 Å². The molecule has 3 aliphatic rings. The zero-order chi connectivity index (χ0) is 27.2. The van der Waals surface area contributed by atoms with Crippen molar-refractivity contribution in [3.8, 4) is 0 Å². The second-order valence-corrected chi connectivity index (χ2v) is 11.4. The maximum atomic E-state index is 11.5. The lowest BCUT2D eigenvalue weighted by molar-refractivity contribution is -0.121. The molecule has 0 saturated carbocycles. The average molecular weight is 564 g/mol. The molecular weight excluding hydrogens is 519 g/mol. The highest BCUT2D eigenvalue weighted by atomic mass is 35.5. The molecule has 3 aliphatic heterocycles. The highest BCUT2D eigenvalue weighted by molar-refractivity contribution is 6.30. The van der Waals surface area contributed by atoms with Gasteiger partial charge in [0.25, 0.3) is 0 Å². The number of carbonyl (C=O) groups excluding carboxylic acids is 1. The van der Waals surface area contributed by atoms with E-state index in [1.54, 1.807) is 0 Å². The van der Waals surface area contributed by atoms with E-state index in [4.69, 9.17) is 27.9 Å². The molecule has 2 N–H and O–H groups in total. The number of hydrogen-bond acceptors (Lipinski definition) is 5. The number of rotatable bonds is 4. The fourth-order valence-corrected chi connectivity index (χ4v) is 5.12. The van der Waals surface area contributed by atoms with Gasteiger partial charge < -0.3 is 25.2 Å². The molecule has 0 radical (unpaired) electrons. The molecule has 5 rings (SSSR count). The summed E-state index contributed by atoms with van der Waals surface area (Å²) in [6.45, 7) is 7.19. The molecular formula is C30H44Cl2N4O2. The SMILES string of the molecule is C1CCOC1.CN1CCC(=O)N[C@@H](Cc2ccc(Cl)cc2)C1.CN1CCCN[C@@H](Cc2ccc(Cl)cc2)C1. The van der Waals surface area contributed by atoms with Gasteiger partial charge in [0.15, 0.2) is 0 Å². The Bertz CT molecular complexity index is 931. The Morgan fingerprint density at radius 1 is 0.789 bits per heavy atom. The second-order valence-electron chi connectivity index (χ2n) is 10.5. The fourth-order valence-electron chi connectivity index (χ4n) is 4.87. The van der Waals surface area contributed by atoms with Gasteiger partial charge in [0.1, 0.15) is 0 Å². The van der Waals surface area contributed by atoms with Crippen LogP contribution in [0.5, 0.6) is 0 Å². The van der Waals surface area contributed by atoms with Gasteiger partial charge >= 0.3 is 0 Å². The Balaban J connectivity index is 0.000000178. The van der Waals surface area contributed by atoms with Gasteiger partial charge in [-0.1, -0.05) is 47.5 Å². The van der Waals surface area contributed by atoms with Crippen molar-refractivity contribution in [2.75, 3.05) is 60.0 Å². The van der Waals surface area contributed by atoms with Gasteiger partial charge in [0.05, 0.1) is 0 Å². The Labute approximate surface area is 239 Å². The molecule has 3 saturated heterocycles. The highest BCUT2D eigenvalue weighted by Crippen LogP contribution is 2.13. The largest absolute Gasteiger partial charge is 0.381 e. The molecule has 0 aliphatic carbocycles. The number of amides is 1. The maximum absolute atomic E-state index is 11.5. The predicted octanol–water partition coefficient (Wildman–Crippen LogP) is 4.68. The van der Waals surface area contributed by atoms with Crippen LogP contribution in [0, 0.1) is 0 Å². The first-order valence-electron chi connectivity index (χ1n) is 13.8. The number of hydrogen-bond donors (Lipinski definition) is 2. The van der Waals surface area contributed by atoms with Crippen LogP contribution in [0.15, 0.2) is 48.5 Å². The molecule has 6 nitrogen and oxygen atoms in total. The molecule has 1 amide bonds. The summed E-state index contributed by atoms with van der Waals surface area (Å²) in [5.74, 6) is 0.147. The van der Waals surface area contributed by atoms with Crippen molar-refractivity contribution in [2.24, 2.45) is 0 Å². The zero-order valence-corrected chi connectivity index (χ0v) is 24.4.